The molecule has 0 spiro atoms. The predicted molar refractivity (Wildman–Crippen MR) is 69.4 cm³/mol. The standard InChI is InChI=1S/C12H12N4S/c1-9-4-7-17-10(9)8-13-11-3-6-16-12(15-11)2-5-14-16/h2-7H,8H2,1H3,(H,13,15). The molecule has 3 aromatic rings. The summed E-state index contributed by atoms with van der Waals surface area (Å²) in [6.45, 7) is 2.95. The average Bonchev–Trinajstić information content (AvgIpc) is 2.94. The molecule has 3 aromatic heterocycles. The smallest absolute Gasteiger partial charge is 0.157 e. The molecule has 0 saturated carbocycles. The third kappa shape index (κ3) is 2.01. The fraction of sp³-hybridized carbons (Fsp3) is 0.167. The quantitative estimate of drug-likeness (QED) is 0.770. The zero-order valence-electron chi connectivity index (χ0n) is 9.42. The lowest BCUT2D eigenvalue weighted by atomic mass is 10.3. The second kappa shape index (κ2) is 4.18. The first kappa shape index (κ1) is 10.3. The van der Waals surface area contributed by atoms with Crippen LogP contribution in [0.1, 0.15) is 10.4 Å². The molecule has 0 atom stereocenters. The van der Waals surface area contributed by atoms with Gasteiger partial charge in [0.25, 0.3) is 0 Å². The predicted octanol–water partition coefficient (Wildman–Crippen LogP) is 2.71. The van der Waals surface area contributed by atoms with E-state index in [0.717, 1.165) is 18.0 Å². The Morgan fingerprint density at radius 1 is 1.35 bits per heavy atom. The van der Waals surface area contributed by atoms with E-state index in [9.17, 15) is 0 Å². The van der Waals surface area contributed by atoms with Crippen LogP contribution >= 0.6 is 11.3 Å². The number of nitrogens with zero attached hydrogens (tertiary/aromatic N) is 3. The van der Waals surface area contributed by atoms with Gasteiger partial charge in [-0.2, -0.15) is 5.10 Å². The number of hydrogen-bond acceptors (Lipinski definition) is 4. The molecule has 0 unspecified atom stereocenters. The van der Waals surface area contributed by atoms with Gasteiger partial charge in [-0.05, 0) is 30.0 Å². The number of anilines is 1. The lowest BCUT2D eigenvalue weighted by molar-refractivity contribution is 0.937. The number of thiophene rings is 1. The Morgan fingerprint density at radius 3 is 3.12 bits per heavy atom. The summed E-state index contributed by atoms with van der Waals surface area (Å²) in [5.74, 6) is 0.880. The summed E-state index contributed by atoms with van der Waals surface area (Å²) in [6, 6.07) is 5.96. The van der Waals surface area contributed by atoms with Crippen molar-refractivity contribution in [2.24, 2.45) is 0 Å². The van der Waals surface area contributed by atoms with Crippen molar-refractivity contribution in [2.45, 2.75) is 13.5 Å². The summed E-state index contributed by atoms with van der Waals surface area (Å²) >= 11 is 1.77. The average molecular weight is 244 g/mol. The molecule has 0 aromatic carbocycles. The van der Waals surface area contributed by atoms with Crippen LogP contribution in [0.5, 0.6) is 0 Å². The van der Waals surface area contributed by atoms with E-state index in [4.69, 9.17) is 0 Å². The molecule has 0 bridgehead atoms. The molecule has 0 aliphatic carbocycles. The molecule has 0 aliphatic heterocycles. The fourth-order valence-corrected chi connectivity index (χ4v) is 2.51. The van der Waals surface area contributed by atoms with Crippen LogP contribution in [-0.4, -0.2) is 14.6 Å². The molecule has 3 heterocycles. The third-order valence-electron chi connectivity index (χ3n) is 2.66. The second-order valence-corrected chi connectivity index (χ2v) is 4.83. The van der Waals surface area contributed by atoms with Crippen LogP contribution in [0.3, 0.4) is 0 Å². The van der Waals surface area contributed by atoms with Crippen LogP contribution in [-0.2, 0) is 6.54 Å². The minimum absolute atomic E-state index is 0.820. The van der Waals surface area contributed by atoms with Crippen molar-refractivity contribution < 1.29 is 0 Å². The van der Waals surface area contributed by atoms with E-state index in [2.05, 4.69) is 33.8 Å². The molecular formula is C12H12N4S. The molecule has 0 aliphatic rings. The Hall–Kier alpha value is -1.88. The van der Waals surface area contributed by atoms with E-state index in [1.807, 2.05) is 18.3 Å². The van der Waals surface area contributed by atoms with Gasteiger partial charge < -0.3 is 5.32 Å². The van der Waals surface area contributed by atoms with E-state index in [0.29, 0.717) is 0 Å². The first-order valence-corrected chi connectivity index (χ1v) is 6.28. The number of hydrogen-bond donors (Lipinski definition) is 1. The third-order valence-corrected chi connectivity index (χ3v) is 3.68. The van der Waals surface area contributed by atoms with Crippen LogP contribution in [0, 0.1) is 6.92 Å². The Labute approximate surface area is 103 Å². The van der Waals surface area contributed by atoms with Crippen molar-refractivity contribution in [1.29, 1.82) is 0 Å². The van der Waals surface area contributed by atoms with Crippen molar-refractivity contribution in [3.8, 4) is 0 Å². The topological polar surface area (TPSA) is 42.2 Å². The van der Waals surface area contributed by atoms with Crippen molar-refractivity contribution in [1.82, 2.24) is 14.6 Å². The minimum Gasteiger partial charge on any atom is -0.365 e. The highest BCUT2D eigenvalue weighted by Crippen LogP contribution is 2.17. The normalized spacial score (nSPS) is 10.9. The fourth-order valence-electron chi connectivity index (χ4n) is 1.67. The van der Waals surface area contributed by atoms with Crippen LogP contribution in [0.4, 0.5) is 5.82 Å². The molecular weight excluding hydrogens is 232 g/mol. The zero-order chi connectivity index (χ0) is 11.7. The van der Waals surface area contributed by atoms with Crippen LogP contribution < -0.4 is 5.32 Å². The maximum Gasteiger partial charge on any atom is 0.157 e. The molecule has 17 heavy (non-hydrogen) atoms. The highest BCUT2D eigenvalue weighted by atomic mass is 32.1. The van der Waals surface area contributed by atoms with E-state index in [1.165, 1.54) is 10.4 Å². The van der Waals surface area contributed by atoms with Gasteiger partial charge >= 0.3 is 0 Å². The molecule has 0 fully saturated rings. The lowest BCUT2D eigenvalue weighted by Crippen LogP contribution is -2.02. The van der Waals surface area contributed by atoms with E-state index in [-0.39, 0.29) is 0 Å². The number of rotatable bonds is 3. The Kier molecular flexibility index (Phi) is 2.53. The highest BCUT2D eigenvalue weighted by molar-refractivity contribution is 7.10. The highest BCUT2D eigenvalue weighted by Gasteiger charge is 2.01. The van der Waals surface area contributed by atoms with Gasteiger partial charge in [0, 0.05) is 17.1 Å². The van der Waals surface area contributed by atoms with Crippen LogP contribution in [0.15, 0.2) is 36.0 Å². The monoisotopic (exact) mass is 244 g/mol. The van der Waals surface area contributed by atoms with Gasteiger partial charge in [-0.1, -0.05) is 0 Å². The van der Waals surface area contributed by atoms with Crippen LogP contribution in [0.25, 0.3) is 5.65 Å². The van der Waals surface area contributed by atoms with Crippen molar-refractivity contribution >= 4 is 22.8 Å². The van der Waals surface area contributed by atoms with Gasteiger partial charge in [0.15, 0.2) is 5.65 Å². The maximum absolute atomic E-state index is 4.46. The number of fused-ring (bicyclic) bond motifs is 1. The first-order chi connectivity index (χ1) is 8.33. The van der Waals surface area contributed by atoms with E-state index >= 15 is 0 Å². The first-order valence-electron chi connectivity index (χ1n) is 5.40. The largest absolute Gasteiger partial charge is 0.365 e. The summed E-state index contributed by atoms with van der Waals surface area (Å²) in [7, 11) is 0. The second-order valence-electron chi connectivity index (χ2n) is 3.83. The zero-order valence-corrected chi connectivity index (χ0v) is 10.2. The van der Waals surface area contributed by atoms with Gasteiger partial charge in [-0.15, -0.1) is 11.3 Å². The summed E-state index contributed by atoms with van der Waals surface area (Å²) in [5.41, 5.74) is 2.19. The Morgan fingerprint density at radius 2 is 2.29 bits per heavy atom. The van der Waals surface area contributed by atoms with Crippen LogP contribution in [0.2, 0.25) is 0 Å². The van der Waals surface area contributed by atoms with Gasteiger partial charge in [0.05, 0.1) is 12.7 Å². The van der Waals surface area contributed by atoms with Gasteiger partial charge in [0.2, 0.25) is 0 Å². The summed E-state index contributed by atoms with van der Waals surface area (Å²) in [5, 5.41) is 9.55. The lowest BCUT2D eigenvalue weighted by Gasteiger charge is -2.05. The molecule has 4 nitrogen and oxygen atoms in total. The summed E-state index contributed by atoms with van der Waals surface area (Å²) in [6.07, 6.45) is 3.65. The molecule has 1 N–H and O–H groups in total. The van der Waals surface area contributed by atoms with Crippen molar-refractivity contribution in [3.05, 3.63) is 46.4 Å². The molecule has 0 radical (unpaired) electrons. The minimum atomic E-state index is 0.820. The number of nitrogens with one attached hydrogen (secondary N) is 1. The molecule has 5 heteroatoms. The molecule has 0 amide bonds. The number of aryl methyl sites for hydroxylation is 1. The molecule has 86 valence electrons. The van der Waals surface area contributed by atoms with Gasteiger partial charge in [-0.25, -0.2) is 9.50 Å². The number of aromatic nitrogens is 3. The summed E-state index contributed by atoms with van der Waals surface area (Å²) in [4.78, 5) is 5.81. The van der Waals surface area contributed by atoms with E-state index < -0.39 is 0 Å². The SMILES string of the molecule is Cc1ccsc1CNc1ccn2nccc2n1. The molecule has 0 saturated heterocycles. The Balaban J connectivity index is 1.78. The van der Waals surface area contributed by atoms with Crippen molar-refractivity contribution in [2.75, 3.05) is 5.32 Å². The summed E-state index contributed by atoms with van der Waals surface area (Å²) < 4.78 is 1.75. The van der Waals surface area contributed by atoms with Crippen molar-refractivity contribution in [3.63, 3.8) is 0 Å². The molecule has 3 rings (SSSR count). The van der Waals surface area contributed by atoms with E-state index in [1.54, 1.807) is 22.0 Å². The van der Waals surface area contributed by atoms with Gasteiger partial charge in [-0.3, -0.25) is 0 Å². The Bertz CT molecular complexity index is 641. The maximum atomic E-state index is 4.46. The van der Waals surface area contributed by atoms with Gasteiger partial charge in [0.1, 0.15) is 5.82 Å².